The number of nitrogens with zero attached hydrogens (tertiary/aromatic N) is 4. The van der Waals surface area contributed by atoms with Crippen LogP contribution in [0.5, 0.6) is 0 Å². The first kappa shape index (κ1) is 15.0. The maximum Gasteiger partial charge on any atom is 0.181 e. The van der Waals surface area contributed by atoms with E-state index in [4.69, 9.17) is 9.72 Å². The molecule has 5 nitrogen and oxygen atoms in total. The summed E-state index contributed by atoms with van der Waals surface area (Å²) in [6.07, 6.45) is 6.56. The molecule has 0 bridgehead atoms. The number of ether oxygens (including phenoxy) is 1. The number of hydrogen-bond donors (Lipinski definition) is 0. The van der Waals surface area contributed by atoms with Crippen LogP contribution in [0, 0.1) is 0 Å². The van der Waals surface area contributed by atoms with E-state index in [0.717, 1.165) is 33.5 Å². The Hall–Kier alpha value is -2.31. The van der Waals surface area contributed by atoms with Gasteiger partial charge in [0.15, 0.2) is 5.65 Å². The highest BCUT2D eigenvalue weighted by molar-refractivity contribution is 7.18. The molecule has 0 amide bonds. The minimum atomic E-state index is 0.365. The van der Waals surface area contributed by atoms with E-state index in [2.05, 4.69) is 34.3 Å². The zero-order chi connectivity index (χ0) is 17.0. The van der Waals surface area contributed by atoms with Crippen molar-refractivity contribution >= 4 is 32.6 Å². The van der Waals surface area contributed by atoms with E-state index in [1.165, 1.54) is 16.7 Å². The quantitative estimate of drug-likeness (QED) is 0.557. The Balaban J connectivity index is 1.54. The van der Waals surface area contributed by atoms with Crippen molar-refractivity contribution in [3.63, 3.8) is 0 Å². The Bertz CT molecular complexity index is 1080. The molecule has 2 unspecified atom stereocenters. The molecule has 1 fully saturated rings. The second-order valence-corrected chi connectivity index (χ2v) is 7.70. The lowest BCUT2D eigenvalue weighted by atomic mass is 9.81. The maximum absolute atomic E-state index is 5.56. The average Bonchev–Trinajstić information content (AvgIpc) is 3.14. The summed E-state index contributed by atoms with van der Waals surface area (Å²) in [5, 5.41) is 6.57. The molecule has 0 saturated heterocycles. The molecular weight excluding hydrogens is 332 g/mol. The summed E-state index contributed by atoms with van der Waals surface area (Å²) in [7, 11) is 3.72. The topological polar surface area (TPSA) is 52.8 Å². The standard InChI is InChI=1S/C19H18N4OS/c1-23-10-13-7-12(9-20-18(13)22-23)15-5-3-11-8-17(25-19(11)21-15)14-4-6-16(14)24-2/h3,5,7-10,14,16H,4,6H2,1-2H3. The van der Waals surface area contributed by atoms with Crippen LogP contribution in [-0.2, 0) is 11.8 Å². The van der Waals surface area contributed by atoms with Crippen LogP contribution in [0.3, 0.4) is 0 Å². The summed E-state index contributed by atoms with van der Waals surface area (Å²) < 4.78 is 7.34. The lowest BCUT2D eigenvalue weighted by Gasteiger charge is -2.34. The molecule has 25 heavy (non-hydrogen) atoms. The van der Waals surface area contributed by atoms with Crippen LogP contribution in [-0.4, -0.2) is 33.0 Å². The third-order valence-electron chi connectivity index (χ3n) is 5.05. The van der Waals surface area contributed by atoms with Crippen LogP contribution in [0.2, 0.25) is 0 Å². The lowest BCUT2D eigenvalue weighted by Crippen LogP contribution is -2.30. The smallest absolute Gasteiger partial charge is 0.181 e. The van der Waals surface area contributed by atoms with Gasteiger partial charge in [0.25, 0.3) is 0 Å². The maximum atomic E-state index is 5.56. The van der Waals surface area contributed by atoms with Crippen molar-refractivity contribution in [3.8, 4) is 11.3 Å². The van der Waals surface area contributed by atoms with Gasteiger partial charge in [0.1, 0.15) is 4.83 Å². The summed E-state index contributed by atoms with van der Waals surface area (Å²) in [6, 6.07) is 8.61. The van der Waals surface area contributed by atoms with Crippen molar-refractivity contribution in [1.29, 1.82) is 0 Å². The number of pyridine rings is 2. The number of aromatic nitrogens is 4. The predicted molar refractivity (Wildman–Crippen MR) is 99.9 cm³/mol. The fourth-order valence-corrected chi connectivity index (χ4v) is 4.75. The van der Waals surface area contributed by atoms with Gasteiger partial charge in [0.2, 0.25) is 0 Å². The number of thiophene rings is 1. The summed E-state index contributed by atoms with van der Waals surface area (Å²) in [6.45, 7) is 0. The molecule has 1 aliphatic carbocycles. The van der Waals surface area contributed by atoms with Crippen LogP contribution in [0.1, 0.15) is 23.6 Å². The van der Waals surface area contributed by atoms with Crippen molar-refractivity contribution in [1.82, 2.24) is 19.7 Å². The molecule has 1 aliphatic rings. The van der Waals surface area contributed by atoms with Crippen LogP contribution in [0.25, 0.3) is 32.5 Å². The molecule has 2 atom stereocenters. The SMILES string of the molecule is COC1CCC1c1cc2ccc(-c3cnc4nn(C)cc4c3)nc2s1. The van der Waals surface area contributed by atoms with E-state index in [9.17, 15) is 0 Å². The highest BCUT2D eigenvalue weighted by Gasteiger charge is 2.33. The number of aryl methyl sites for hydroxylation is 1. The van der Waals surface area contributed by atoms with Gasteiger partial charge >= 0.3 is 0 Å². The zero-order valence-corrected chi connectivity index (χ0v) is 15.0. The summed E-state index contributed by atoms with van der Waals surface area (Å²) >= 11 is 1.79. The van der Waals surface area contributed by atoms with E-state index < -0.39 is 0 Å². The van der Waals surface area contributed by atoms with Crippen molar-refractivity contribution in [2.24, 2.45) is 7.05 Å². The summed E-state index contributed by atoms with van der Waals surface area (Å²) in [5.41, 5.74) is 2.74. The zero-order valence-electron chi connectivity index (χ0n) is 14.1. The monoisotopic (exact) mass is 350 g/mol. The molecule has 1 saturated carbocycles. The Morgan fingerprint density at radius 1 is 1.20 bits per heavy atom. The molecule has 0 aliphatic heterocycles. The van der Waals surface area contributed by atoms with Crippen molar-refractivity contribution in [2.45, 2.75) is 24.9 Å². The molecule has 0 N–H and O–H groups in total. The number of rotatable bonds is 3. The highest BCUT2D eigenvalue weighted by atomic mass is 32.1. The van der Waals surface area contributed by atoms with Crippen molar-refractivity contribution < 1.29 is 4.74 Å². The van der Waals surface area contributed by atoms with Crippen molar-refractivity contribution in [3.05, 3.63) is 41.5 Å². The molecule has 5 rings (SSSR count). The van der Waals surface area contributed by atoms with Gasteiger partial charge in [-0.3, -0.25) is 4.68 Å². The van der Waals surface area contributed by atoms with E-state index in [1.807, 2.05) is 26.6 Å². The normalized spacial score (nSPS) is 20.2. The average molecular weight is 350 g/mol. The van der Waals surface area contributed by atoms with Gasteiger partial charge in [0, 0.05) is 53.7 Å². The Morgan fingerprint density at radius 2 is 2.12 bits per heavy atom. The third-order valence-corrected chi connectivity index (χ3v) is 6.23. The minimum Gasteiger partial charge on any atom is -0.381 e. The first-order valence-electron chi connectivity index (χ1n) is 8.44. The molecule has 0 spiro atoms. The Morgan fingerprint density at radius 3 is 2.92 bits per heavy atom. The fourth-order valence-electron chi connectivity index (χ4n) is 3.53. The molecule has 4 heterocycles. The molecule has 4 aromatic heterocycles. The third kappa shape index (κ3) is 2.44. The summed E-state index contributed by atoms with van der Waals surface area (Å²) in [4.78, 5) is 11.8. The van der Waals surface area contributed by atoms with Gasteiger partial charge in [-0.15, -0.1) is 11.3 Å². The molecule has 0 aromatic carbocycles. The first-order valence-corrected chi connectivity index (χ1v) is 9.26. The molecule has 126 valence electrons. The van der Waals surface area contributed by atoms with Crippen LogP contribution in [0.4, 0.5) is 0 Å². The van der Waals surface area contributed by atoms with E-state index in [-0.39, 0.29) is 0 Å². The molecular formula is C19H18N4OS. The van der Waals surface area contributed by atoms with Gasteiger partial charge < -0.3 is 4.74 Å². The number of methoxy groups -OCH3 is 1. The highest BCUT2D eigenvalue weighted by Crippen LogP contribution is 2.43. The fraction of sp³-hybridized carbons (Fsp3) is 0.316. The van der Waals surface area contributed by atoms with Gasteiger partial charge in [-0.1, -0.05) is 0 Å². The number of hydrogen-bond acceptors (Lipinski definition) is 5. The van der Waals surface area contributed by atoms with Crippen molar-refractivity contribution in [2.75, 3.05) is 7.11 Å². The van der Waals surface area contributed by atoms with Crippen LogP contribution in [0.15, 0.2) is 36.7 Å². The van der Waals surface area contributed by atoms with Gasteiger partial charge in [-0.2, -0.15) is 5.10 Å². The largest absolute Gasteiger partial charge is 0.381 e. The van der Waals surface area contributed by atoms with E-state index in [1.54, 1.807) is 16.0 Å². The molecule has 6 heteroatoms. The number of fused-ring (bicyclic) bond motifs is 2. The predicted octanol–water partition coefficient (Wildman–Crippen LogP) is 4.14. The summed E-state index contributed by atoms with van der Waals surface area (Å²) in [5.74, 6) is 0.529. The van der Waals surface area contributed by atoms with Crippen LogP contribution < -0.4 is 0 Å². The molecule has 0 radical (unpaired) electrons. The van der Waals surface area contributed by atoms with Gasteiger partial charge in [0.05, 0.1) is 11.8 Å². The minimum absolute atomic E-state index is 0.365. The lowest BCUT2D eigenvalue weighted by molar-refractivity contribution is 0.0195. The van der Waals surface area contributed by atoms with Crippen LogP contribution >= 0.6 is 11.3 Å². The second kappa shape index (κ2) is 5.61. The Labute approximate surface area is 149 Å². The molecule has 4 aromatic rings. The Kier molecular flexibility index (Phi) is 3.36. The van der Waals surface area contributed by atoms with Gasteiger partial charge in [-0.05, 0) is 37.1 Å². The van der Waals surface area contributed by atoms with E-state index in [0.29, 0.717) is 12.0 Å². The van der Waals surface area contributed by atoms with E-state index >= 15 is 0 Å². The van der Waals surface area contributed by atoms with Gasteiger partial charge in [-0.25, -0.2) is 9.97 Å². The second-order valence-electron chi connectivity index (χ2n) is 6.64. The first-order chi connectivity index (χ1) is 12.2.